The van der Waals surface area contributed by atoms with Crippen LogP contribution in [0.25, 0.3) is 5.69 Å². The van der Waals surface area contributed by atoms with Gasteiger partial charge in [0.1, 0.15) is 0 Å². The Bertz CT molecular complexity index is 766. The van der Waals surface area contributed by atoms with E-state index in [-0.39, 0.29) is 5.91 Å². The molecule has 5 nitrogen and oxygen atoms in total. The first-order valence-electron chi connectivity index (χ1n) is 7.13. The fraction of sp³-hybridized carbons (Fsp3) is 0.118. The fourth-order valence-electron chi connectivity index (χ4n) is 2.33. The summed E-state index contributed by atoms with van der Waals surface area (Å²) >= 11 is 0. The van der Waals surface area contributed by atoms with Crippen molar-refractivity contribution in [2.45, 2.75) is 13.3 Å². The van der Waals surface area contributed by atoms with Gasteiger partial charge in [-0.25, -0.2) is 4.68 Å². The minimum absolute atomic E-state index is 0.162. The van der Waals surface area contributed by atoms with E-state index in [0.717, 1.165) is 17.1 Å². The Kier molecular flexibility index (Phi) is 3.96. The zero-order valence-electron chi connectivity index (χ0n) is 12.2. The molecule has 0 aliphatic carbocycles. The van der Waals surface area contributed by atoms with Crippen LogP contribution in [0.4, 0.5) is 5.69 Å². The highest BCUT2D eigenvalue weighted by atomic mass is 16.1. The molecule has 0 fully saturated rings. The van der Waals surface area contributed by atoms with Gasteiger partial charge < -0.3 is 5.32 Å². The molecule has 0 radical (unpaired) electrons. The first-order valence-corrected chi connectivity index (χ1v) is 7.13. The summed E-state index contributed by atoms with van der Waals surface area (Å²) in [6.45, 7) is 2.01. The molecule has 3 rings (SSSR count). The molecule has 2 heterocycles. The average Bonchev–Trinajstić information content (AvgIpc) is 3.00. The summed E-state index contributed by atoms with van der Waals surface area (Å²) in [7, 11) is 0. The lowest BCUT2D eigenvalue weighted by Gasteiger charge is -2.08. The number of pyridine rings is 1. The predicted octanol–water partition coefficient (Wildman–Crippen LogP) is 3.08. The number of rotatable bonds is 4. The molecule has 3 aromatic rings. The Hall–Kier alpha value is -2.95. The molecule has 0 unspecified atom stereocenters. The Morgan fingerprint density at radius 2 is 1.86 bits per heavy atom. The van der Waals surface area contributed by atoms with Crippen LogP contribution in [0.3, 0.4) is 0 Å². The summed E-state index contributed by atoms with van der Waals surface area (Å²) in [6.07, 6.45) is 5.61. The molecular formula is C17H16N4O. The predicted molar refractivity (Wildman–Crippen MR) is 85.1 cm³/mol. The molecule has 5 heteroatoms. The van der Waals surface area contributed by atoms with Crippen LogP contribution in [0.5, 0.6) is 0 Å². The van der Waals surface area contributed by atoms with Crippen molar-refractivity contribution in [2.75, 3.05) is 5.32 Å². The van der Waals surface area contributed by atoms with E-state index in [1.54, 1.807) is 30.7 Å². The number of carbonyl (C=O) groups is 1. The number of aromatic nitrogens is 3. The molecular weight excluding hydrogens is 276 g/mol. The van der Waals surface area contributed by atoms with Crippen molar-refractivity contribution in [3.05, 3.63) is 72.3 Å². The van der Waals surface area contributed by atoms with Crippen molar-refractivity contribution >= 4 is 11.6 Å². The number of hydrogen-bond acceptors (Lipinski definition) is 3. The molecule has 0 saturated carbocycles. The second-order valence-electron chi connectivity index (χ2n) is 4.80. The molecule has 110 valence electrons. The van der Waals surface area contributed by atoms with E-state index in [1.165, 1.54) is 0 Å². The number of anilines is 1. The van der Waals surface area contributed by atoms with Gasteiger partial charge in [0.15, 0.2) is 0 Å². The van der Waals surface area contributed by atoms with Gasteiger partial charge in [-0.15, -0.1) is 0 Å². The van der Waals surface area contributed by atoms with E-state index in [1.807, 2.05) is 41.9 Å². The van der Waals surface area contributed by atoms with Crippen molar-refractivity contribution in [3.63, 3.8) is 0 Å². The first kappa shape index (κ1) is 14.0. The molecule has 0 saturated heterocycles. The Balaban J connectivity index is 1.92. The second kappa shape index (κ2) is 6.22. The second-order valence-corrected chi connectivity index (χ2v) is 4.80. The lowest BCUT2D eigenvalue weighted by atomic mass is 10.2. The van der Waals surface area contributed by atoms with Crippen LogP contribution in [0.15, 0.2) is 61.1 Å². The molecule has 1 amide bonds. The maximum absolute atomic E-state index is 12.5. The highest BCUT2D eigenvalue weighted by Crippen LogP contribution is 2.17. The number of amides is 1. The number of carbonyl (C=O) groups excluding carboxylic acids is 1. The fourth-order valence-corrected chi connectivity index (χ4v) is 2.33. The van der Waals surface area contributed by atoms with Crippen molar-refractivity contribution < 1.29 is 4.79 Å². The normalized spacial score (nSPS) is 10.4. The van der Waals surface area contributed by atoms with Crippen LogP contribution in [-0.4, -0.2) is 20.7 Å². The maximum Gasteiger partial charge on any atom is 0.259 e. The zero-order valence-corrected chi connectivity index (χ0v) is 12.2. The molecule has 1 aromatic carbocycles. The van der Waals surface area contributed by atoms with Crippen LogP contribution < -0.4 is 5.32 Å². The van der Waals surface area contributed by atoms with Gasteiger partial charge in [-0.1, -0.05) is 25.1 Å². The molecule has 1 N–H and O–H groups in total. The van der Waals surface area contributed by atoms with E-state index in [2.05, 4.69) is 15.4 Å². The van der Waals surface area contributed by atoms with Crippen LogP contribution in [-0.2, 0) is 6.42 Å². The summed E-state index contributed by atoms with van der Waals surface area (Å²) in [5, 5.41) is 7.23. The molecule has 0 aliphatic rings. The van der Waals surface area contributed by atoms with Gasteiger partial charge in [0.05, 0.1) is 23.1 Å². The maximum atomic E-state index is 12.5. The van der Waals surface area contributed by atoms with E-state index in [4.69, 9.17) is 0 Å². The third-order valence-corrected chi connectivity index (χ3v) is 3.39. The molecule has 0 atom stereocenters. The van der Waals surface area contributed by atoms with Crippen molar-refractivity contribution in [1.82, 2.24) is 14.8 Å². The monoisotopic (exact) mass is 292 g/mol. The van der Waals surface area contributed by atoms with Gasteiger partial charge in [0, 0.05) is 18.1 Å². The Morgan fingerprint density at radius 3 is 2.55 bits per heavy atom. The van der Waals surface area contributed by atoms with Gasteiger partial charge in [0.25, 0.3) is 5.91 Å². The van der Waals surface area contributed by atoms with Crippen molar-refractivity contribution in [3.8, 4) is 5.69 Å². The number of hydrogen-bond donors (Lipinski definition) is 1. The number of para-hydroxylation sites is 1. The number of nitrogens with zero attached hydrogens (tertiary/aromatic N) is 3. The summed E-state index contributed by atoms with van der Waals surface area (Å²) in [5.74, 6) is -0.162. The van der Waals surface area contributed by atoms with Crippen LogP contribution in [0, 0.1) is 0 Å². The van der Waals surface area contributed by atoms with Crippen LogP contribution >= 0.6 is 0 Å². The third kappa shape index (κ3) is 2.74. The van der Waals surface area contributed by atoms with Crippen molar-refractivity contribution in [1.29, 1.82) is 0 Å². The summed E-state index contributed by atoms with van der Waals surface area (Å²) in [5.41, 5.74) is 3.14. The number of nitrogens with one attached hydrogen (secondary N) is 1. The van der Waals surface area contributed by atoms with Crippen LogP contribution in [0.2, 0.25) is 0 Å². The molecule has 0 aliphatic heterocycles. The molecule has 0 bridgehead atoms. The molecule has 22 heavy (non-hydrogen) atoms. The SMILES string of the molecule is CCc1c(C(=O)Nc2ccncc2)cnn1-c1ccccc1. The van der Waals surface area contributed by atoms with Crippen LogP contribution in [0.1, 0.15) is 23.0 Å². The Morgan fingerprint density at radius 1 is 1.14 bits per heavy atom. The lowest BCUT2D eigenvalue weighted by molar-refractivity contribution is 0.102. The lowest BCUT2D eigenvalue weighted by Crippen LogP contribution is -2.14. The first-order chi connectivity index (χ1) is 10.8. The van der Waals surface area contributed by atoms with Gasteiger partial charge >= 0.3 is 0 Å². The zero-order chi connectivity index (χ0) is 15.4. The highest BCUT2D eigenvalue weighted by Gasteiger charge is 2.17. The van der Waals surface area contributed by atoms with E-state index < -0.39 is 0 Å². The van der Waals surface area contributed by atoms with E-state index in [0.29, 0.717) is 12.0 Å². The largest absolute Gasteiger partial charge is 0.322 e. The minimum atomic E-state index is -0.162. The van der Waals surface area contributed by atoms with E-state index >= 15 is 0 Å². The van der Waals surface area contributed by atoms with Gasteiger partial charge in [0.2, 0.25) is 0 Å². The van der Waals surface area contributed by atoms with E-state index in [9.17, 15) is 4.79 Å². The Labute approximate surface area is 128 Å². The smallest absolute Gasteiger partial charge is 0.259 e. The highest BCUT2D eigenvalue weighted by molar-refractivity contribution is 6.05. The quantitative estimate of drug-likeness (QED) is 0.804. The summed E-state index contributed by atoms with van der Waals surface area (Å²) in [4.78, 5) is 16.4. The average molecular weight is 292 g/mol. The van der Waals surface area contributed by atoms with Gasteiger partial charge in [-0.2, -0.15) is 5.10 Å². The number of benzene rings is 1. The molecule has 2 aromatic heterocycles. The summed E-state index contributed by atoms with van der Waals surface area (Å²) in [6, 6.07) is 13.3. The topological polar surface area (TPSA) is 59.8 Å². The van der Waals surface area contributed by atoms with Crippen molar-refractivity contribution in [2.24, 2.45) is 0 Å². The minimum Gasteiger partial charge on any atom is -0.322 e. The standard InChI is InChI=1S/C17H16N4O/c1-2-16-15(17(22)20-13-8-10-18-11-9-13)12-19-21(16)14-6-4-3-5-7-14/h3-12H,2H2,1H3,(H,18,20,22). The van der Waals surface area contributed by atoms with Gasteiger partial charge in [-0.05, 0) is 30.7 Å². The van der Waals surface area contributed by atoms with Gasteiger partial charge in [-0.3, -0.25) is 9.78 Å². The third-order valence-electron chi connectivity index (χ3n) is 3.39. The molecule has 0 spiro atoms. The summed E-state index contributed by atoms with van der Waals surface area (Å²) < 4.78 is 1.81.